The van der Waals surface area contributed by atoms with Gasteiger partial charge in [-0.2, -0.15) is 5.10 Å². The van der Waals surface area contributed by atoms with E-state index < -0.39 is 5.91 Å². The Morgan fingerprint density at radius 3 is 2.62 bits per heavy atom. The molecule has 11 heteroatoms. The summed E-state index contributed by atoms with van der Waals surface area (Å²) in [5.74, 6) is -0.0955. The molecule has 4 aromatic rings. The van der Waals surface area contributed by atoms with Crippen molar-refractivity contribution in [3.8, 4) is 11.5 Å². The summed E-state index contributed by atoms with van der Waals surface area (Å²) in [5.41, 5.74) is 4.93. The number of hydrogen-bond donors (Lipinski definition) is 2. The van der Waals surface area contributed by atoms with Crippen LogP contribution in [0.3, 0.4) is 0 Å². The van der Waals surface area contributed by atoms with Gasteiger partial charge in [0.25, 0.3) is 5.91 Å². The Morgan fingerprint density at radius 1 is 1.03 bits per heavy atom. The normalized spacial score (nSPS) is 10.8. The van der Waals surface area contributed by atoms with Crippen LogP contribution < -0.4 is 20.2 Å². The molecule has 0 aliphatic carbocycles. The Balaban J connectivity index is 1.30. The number of carbonyl (C=O) groups excluding carboxylic acids is 2. The van der Waals surface area contributed by atoms with Gasteiger partial charge in [-0.3, -0.25) is 14.9 Å². The number of nitrogens with one attached hydrogen (secondary N) is 2. The molecule has 0 atom stereocenters. The highest BCUT2D eigenvalue weighted by Gasteiger charge is 2.14. The molecule has 1 aromatic heterocycles. The molecule has 2 amide bonds. The second-order valence-electron chi connectivity index (χ2n) is 8.26. The van der Waals surface area contributed by atoms with Gasteiger partial charge in [0, 0.05) is 11.1 Å². The molecular formula is C28H26FN5O4S. The molecule has 2 N–H and O–H groups in total. The first-order valence-corrected chi connectivity index (χ1v) is 12.9. The lowest BCUT2D eigenvalue weighted by Crippen LogP contribution is -2.19. The number of ether oxygens (including phenoxy) is 2. The first kappa shape index (κ1) is 27.4. The van der Waals surface area contributed by atoms with E-state index >= 15 is 0 Å². The smallest absolute Gasteiger partial charge is 0.257 e. The maximum atomic E-state index is 13.9. The molecule has 3 aromatic carbocycles. The number of aryl methyl sites for hydroxylation is 1. The first-order valence-electron chi connectivity index (χ1n) is 12.1. The van der Waals surface area contributed by atoms with Gasteiger partial charge in [-0.1, -0.05) is 47.7 Å². The molecule has 0 bridgehead atoms. The third kappa shape index (κ3) is 7.68. The highest BCUT2D eigenvalue weighted by Crippen LogP contribution is 2.29. The van der Waals surface area contributed by atoms with E-state index in [0.29, 0.717) is 44.9 Å². The molecule has 0 fully saturated rings. The zero-order valence-corrected chi connectivity index (χ0v) is 22.1. The molecule has 0 unspecified atom stereocenters. The molecule has 0 radical (unpaired) electrons. The summed E-state index contributed by atoms with van der Waals surface area (Å²) in [4.78, 5) is 24.8. The van der Waals surface area contributed by atoms with Gasteiger partial charge in [-0.05, 0) is 55.3 Å². The minimum atomic E-state index is -0.394. The standard InChI is InChI=1S/C28H26FN5O4S/c1-3-37-24-14-19(12-13-23(24)38-17-20-9-5-7-11-22(20)29)16-30-32-25(35)15-26-33-34-28(39-26)31-27(36)21-10-6-4-8-18(21)2/h4-14,16H,3,15,17H2,1-2H3,(H,32,35)(H,31,34,36)/b30-16+. The fourth-order valence-corrected chi connectivity index (χ4v) is 4.22. The molecule has 39 heavy (non-hydrogen) atoms. The topological polar surface area (TPSA) is 115 Å². The molecule has 0 aliphatic rings. The van der Waals surface area contributed by atoms with Crippen molar-refractivity contribution in [3.63, 3.8) is 0 Å². The minimum absolute atomic E-state index is 0.0533. The maximum absolute atomic E-state index is 13.9. The molecular weight excluding hydrogens is 521 g/mol. The average molecular weight is 548 g/mol. The zero-order chi connectivity index (χ0) is 27.6. The average Bonchev–Trinajstić information content (AvgIpc) is 3.35. The lowest BCUT2D eigenvalue weighted by Gasteiger charge is -2.13. The van der Waals surface area contributed by atoms with E-state index in [1.807, 2.05) is 26.0 Å². The number of aromatic nitrogens is 2. The number of anilines is 1. The van der Waals surface area contributed by atoms with Gasteiger partial charge in [0.15, 0.2) is 11.5 Å². The summed E-state index contributed by atoms with van der Waals surface area (Å²) in [6.45, 7) is 4.15. The summed E-state index contributed by atoms with van der Waals surface area (Å²) in [7, 11) is 0. The van der Waals surface area contributed by atoms with Crippen LogP contribution in [-0.2, 0) is 17.8 Å². The predicted molar refractivity (Wildman–Crippen MR) is 147 cm³/mol. The first-order chi connectivity index (χ1) is 18.9. The van der Waals surface area contributed by atoms with Crippen LogP contribution >= 0.6 is 11.3 Å². The van der Waals surface area contributed by atoms with Gasteiger partial charge in [-0.15, -0.1) is 10.2 Å². The number of amides is 2. The number of nitrogens with zero attached hydrogens (tertiary/aromatic N) is 3. The van der Waals surface area contributed by atoms with E-state index in [1.54, 1.807) is 48.5 Å². The molecule has 0 aliphatic heterocycles. The van der Waals surface area contributed by atoms with E-state index in [0.717, 1.165) is 16.9 Å². The van der Waals surface area contributed by atoms with Gasteiger partial charge in [-0.25, -0.2) is 9.82 Å². The van der Waals surface area contributed by atoms with Crippen LogP contribution in [0.15, 0.2) is 71.8 Å². The summed E-state index contributed by atoms with van der Waals surface area (Å²) >= 11 is 1.11. The lowest BCUT2D eigenvalue weighted by molar-refractivity contribution is -0.120. The van der Waals surface area contributed by atoms with E-state index in [-0.39, 0.29) is 24.8 Å². The van der Waals surface area contributed by atoms with Crippen molar-refractivity contribution in [2.75, 3.05) is 11.9 Å². The predicted octanol–water partition coefficient (Wildman–Crippen LogP) is 4.91. The van der Waals surface area contributed by atoms with Gasteiger partial charge in [0.2, 0.25) is 11.0 Å². The van der Waals surface area contributed by atoms with Crippen molar-refractivity contribution in [3.05, 3.63) is 99.8 Å². The third-order valence-corrected chi connectivity index (χ3v) is 6.24. The van der Waals surface area contributed by atoms with Crippen molar-refractivity contribution >= 4 is 34.5 Å². The molecule has 0 saturated heterocycles. The van der Waals surface area contributed by atoms with Crippen molar-refractivity contribution in [1.29, 1.82) is 0 Å². The number of benzene rings is 3. The van der Waals surface area contributed by atoms with Crippen LogP contribution in [0.25, 0.3) is 0 Å². The maximum Gasteiger partial charge on any atom is 0.257 e. The molecule has 4 rings (SSSR count). The van der Waals surface area contributed by atoms with Gasteiger partial charge >= 0.3 is 0 Å². The van der Waals surface area contributed by atoms with Gasteiger partial charge in [0.1, 0.15) is 17.4 Å². The van der Waals surface area contributed by atoms with Crippen molar-refractivity contribution in [2.45, 2.75) is 26.9 Å². The Kier molecular flexibility index (Phi) is 9.30. The Morgan fingerprint density at radius 2 is 1.82 bits per heavy atom. The van der Waals surface area contributed by atoms with E-state index in [9.17, 15) is 14.0 Å². The van der Waals surface area contributed by atoms with Crippen LogP contribution in [0.5, 0.6) is 11.5 Å². The van der Waals surface area contributed by atoms with Gasteiger partial charge < -0.3 is 9.47 Å². The second-order valence-corrected chi connectivity index (χ2v) is 9.32. The van der Waals surface area contributed by atoms with E-state index in [2.05, 4.69) is 26.0 Å². The van der Waals surface area contributed by atoms with Crippen LogP contribution in [0.4, 0.5) is 9.52 Å². The quantitative estimate of drug-likeness (QED) is 0.204. The van der Waals surface area contributed by atoms with E-state index in [1.165, 1.54) is 12.3 Å². The summed E-state index contributed by atoms with van der Waals surface area (Å²) in [6.07, 6.45) is 1.41. The molecule has 9 nitrogen and oxygen atoms in total. The number of rotatable bonds is 11. The summed E-state index contributed by atoms with van der Waals surface area (Å²) in [5, 5.41) is 15.3. The summed E-state index contributed by atoms with van der Waals surface area (Å²) < 4.78 is 25.3. The van der Waals surface area contributed by atoms with Crippen molar-refractivity contribution < 1.29 is 23.5 Å². The van der Waals surface area contributed by atoms with Gasteiger partial charge in [0.05, 0.1) is 19.2 Å². The monoisotopic (exact) mass is 547 g/mol. The molecule has 0 spiro atoms. The van der Waals surface area contributed by atoms with Crippen LogP contribution in [0.1, 0.15) is 39.0 Å². The Hall–Kier alpha value is -4.64. The summed E-state index contributed by atoms with van der Waals surface area (Å²) in [6, 6.07) is 18.8. The van der Waals surface area contributed by atoms with E-state index in [4.69, 9.17) is 9.47 Å². The van der Waals surface area contributed by atoms with Crippen molar-refractivity contribution in [2.24, 2.45) is 5.10 Å². The highest BCUT2D eigenvalue weighted by molar-refractivity contribution is 7.15. The third-order valence-electron chi connectivity index (χ3n) is 5.40. The molecule has 0 saturated carbocycles. The van der Waals surface area contributed by atoms with Crippen LogP contribution in [0, 0.1) is 12.7 Å². The highest BCUT2D eigenvalue weighted by atomic mass is 32.1. The molecule has 1 heterocycles. The largest absolute Gasteiger partial charge is 0.490 e. The SMILES string of the molecule is CCOc1cc(/C=N/NC(=O)Cc2nnc(NC(=O)c3ccccc3C)s2)ccc1OCc1ccccc1F. The number of halogens is 1. The van der Waals surface area contributed by atoms with Crippen LogP contribution in [-0.4, -0.2) is 34.8 Å². The number of hydrogen-bond acceptors (Lipinski definition) is 8. The minimum Gasteiger partial charge on any atom is -0.490 e. The second kappa shape index (κ2) is 13.2. The molecule has 200 valence electrons. The fraction of sp³-hybridized carbons (Fsp3) is 0.179. The number of carbonyl (C=O) groups is 2. The fourth-order valence-electron chi connectivity index (χ4n) is 3.49. The zero-order valence-electron chi connectivity index (χ0n) is 21.3. The lowest BCUT2D eigenvalue weighted by atomic mass is 10.1. The van der Waals surface area contributed by atoms with Crippen LogP contribution in [0.2, 0.25) is 0 Å². The number of hydrazone groups is 1. The Labute approximate surface area is 228 Å². The van der Waals surface area contributed by atoms with Crippen molar-refractivity contribution in [1.82, 2.24) is 15.6 Å². The Bertz CT molecular complexity index is 1490.